The van der Waals surface area contributed by atoms with Crippen molar-refractivity contribution in [3.05, 3.63) is 35.9 Å². The largest absolute Gasteiger partial charge is 0.392 e. The van der Waals surface area contributed by atoms with Gasteiger partial charge in [-0.25, -0.2) is 0 Å². The molecule has 0 saturated heterocycles. The van der Waals surface area contributed by atoms with Gasteiger partial charge >= 0.3 is 0 Å². The summed E-state index contributed by atoms with van der Waals surface area (Å²) in [6.45, 7) is 7.06. The van der Waals surface area contributed by atoms with Crippen LogP contribution < -0.4 is 0 Å². The van der Waals surface area contributed by atoms with Gasteiger partial charge in [-0.1, -0.05) is 51.1 Å². The highest BCUT2D eigenvalue weighted by Crippen LogP contribution is 2.70. The lowest BCUT2D eigenvalue weighted by atomic mass is 9.65. The molecule has 1 N–H and O–H groups in total. The molecule has 3 rings (SSSR count). The summed E-state index contributed by atoms with van der Waals surface area (Å²) in [6.07, 6.45) is 2.28. The van der Waals surface area contributed by atoms with E-state index in [9.17, 15) is 5.11 Å². The molecule has 4 atom stereocenters. The lowest BCUT2D eigenvalue weighted by Gasteiger charge is -2.39. The fourth-order valence-corrected chi connectivity index (χ4v) is 4.55. The number of hydrogen-bond acceptors (Lipinski definition) is 1. The van der Waals surface area contributed by atoms with Crippen LogP contribution in [0.25, 0.3) is 0 Å². The highest BCUT2D eigenvalue weighted by Gasteiger charge is 2.65. The smallest absolute Gasteiger partial charge is 0.0647 e. The molecule has 1 aromatic carbocycles. The van der Waals surface area contributed by atoms with Crippen molar-refractivity contribution in [3.8, 4) is 0 Å². The predicted octanol–water partition coefficient (Wildman–Crippen LogP) is 3.59. The van der Waals surface area contributed by atoms with E-state index in [2.05, 4.69) is 51.1 Å². The highest BCUT2D eigenvalue weighted by atomic mass is 16.3. The first-order valence-electron chi connectivity index (χ1n) is 6.71. The molecule has 0 spiro atoms. The van der Waals surface area contributed by atoms with Gasteiger partial charge in [0.05, 0.1) is 6.10 Å². The van der Waals surface area contributed by atoms with Crippen molar-refractivity contribution in [2.24, 2.45) is 16.7 Å². The summed E-state index contributed by atoms with van der Waals surface area (Å²) in [4.78, 5) is 0. The van der Waals surface area contributed by atoms with Crippen LogP contribution in [0.1, 0.15) is 45.1 Å². The Morgan fingerprint density at radius 2 is 1.76 bits per heavy atom. The molecular formula is C16H22O. The number of fused-ring (bicyclic) bond motifs is 2. The fourth-order valence-electron chi connectivity index (χ4n) is 4.55. The van der Waals surface area contributed by atoms with Gasteiger partial charge in [-0.15, -0.1) is 0 Å². The van der Waals surface area contributed by atoms with Crippen LogP contribution in [-0.4, -0.2) is 11.2 Å². The van der Waals surface area contributed by atoms with Crippen LogP contribution in [0, 0.1) is 16.7 Å². The van der Waals surface area contributed by atoms with Crippen molar-refractivity contribution in [2.45, 2.75) is 45.6 Å². The SMILES string of the molecule is CC1(C)[C@@H]2CC[C@@]1(C)[C@@H](c1ccccc1)[C@@H]2O. The quantitative estimate of drug-likeness (QED) is 0.781. The molecule has 1 aromatic rings. The van der Waals surface area contributed by atoms with E-state index in [0.717, 1.165) is 0 Å². The summed E-state index contributed by atoms with van der Waals surface area (Å²) in [5.74, 6) is 0.787. The van der Waals surface area contributed by atoms with Crippen LogP contribution in [0.3, 0.4) is 0 Å². The maximum atomic E-state index is 10.6. The van der Waals surface area contributed by atoms with Gasteiger partial charge in [0, 0.05) is 5.92 Å². The minimum absolute atomic E-state index is 0.161. The summed E-state index contributed by atoms with van der Waals surface area (Å²) in [7, 11) is 0. The van der Waals surface area contributed by atoms with Crippen LogP contribution in [0.5, 0.6) is 0 Å². The van der Waals surface area contributed by atoms with Gasteiger partial charge in [-0.2, -0.15) is 0 Å². The number of aliphatic hydroxyl groups excluding tert-OH is 1. The zero-order chi connectivity index (χ0) is 12.3. The van der Waals surface area contributed by atoms with Crippen molar-refractivity contribution in [2.75, 3.05) is 0 Å². The average molecular weight is 230 g/mol. The van der Waals surface area contributed by atoms with Crippen LogP contribution in [-0.2, 0) is 0 Å². The first-order chi connectivity index (χ1) is 7.98. The lowest BCUT2D eigenvalue weighted by Crippen LogP contribution is -2.32. The summed E-state index contributed by atoms with van der Waals surface area (Å²) >= 11 is 0. The molecule has 1 nitrogen and oxygen atoms in total. The van der Waals surface area contributed by atoms with Gasteiger partial charge in [0.25, 0.3) is 0 Å². The van der Waals surface area contributed by atoms with E-state index in [0.29, 0.717) is 11.8 Å². The topological polar surface area (TPSA) is 20.2 Å². The van der Waals surface area contributed by atoms with Crippen molar-refractivity contribution in [1.82, 2.24) is 0 Å². The highest BCUT2D eigenvalue weighted by molar-refractivity contribution is 5.31. The van der Waals surface area contributed by atoms with Crippen molar-refractivity contribution in [3.63, 3.8) is 0 Å². The predicted molar refractivity (Wildman–Crippen MR) is 69.8 cm³/mol. The maximum Gasteiger partial charge on any atom is 0.0647 e. The molecule has 0 aromatic heterocycles. The van der Waals surface area contributed by atoms with Crippen LogP contribution in [0.2, 0.25) is 0 Å². The van der Waals surface area contributed by atoms with Gasteiger partial charge < -0.3 is 5.11 Å². The standard InChI is InChI=1S/C16H22O/c1-15(2)12-9-10-16(15,3)13(14(12)17)11-7-5-4-6-8-11/h4-8,12-14,17H,9-10H2,1-3H3/t12-,13+,14-,16+/m1/s1. The Morgan fingerprint density at radius 3 is 2.29 bits per heavy atom. The second kappa shape index (κ2) is 3.35. The van der Waals surface area contributed by atoms with Crippen molar-refractivity contribution < 1.29 is 5.11 Å². The summed E-state index contributed by atoms with van der Waals surface area (Å²) in [5.41, 5.74) is 1.82. The van der Waals surface area contributed by atoms with E-state index in [1.54, 1.807) is 0 Å². The third-order valence-electron chi connectivity index (χ3n) is 5.97. The van der Waals surface area contributed by atoms with Gasteiger partial charge in [0.2, 0.25) is 0 Å². The van der Waals surface area contributed by atoms with Crippen LogP contribution >= 0.6 is 0 Å². The number of hydrogen-bond donors (Lipinski definition) is 1. The van der Waals surface area contributed by atoms with Gasteiger partial charge in [0.15, 0.2) is 0 Å². The molecule has 92 valence electrons. The van der Waals surface area contributed by atoms with Gasteiger partial charge in [0.1, 0.15) is 0 Å². The molecule has 0 aliphatic heterocycles. The number of aliphatic hydroxyl groups is 1. The van der Waals surface area contributed by atoms with E-state index in [4.69, 9.17) is 0 Å². The number of rotatable bonds is 1. The number of benzene rings is 1. The third kappa shape index (κ3) is 1.24. The Kier molecular flexibility index (Phi) is 2.22. The molecule has 2 fully saturated rings. The Bertz CT molecular complexity index is 422. The third-order valence-corrected chi connectivity index (χ3v) is 5.97. The second-order valence-corrected chi connectivity index (χ2v) is 6.66. The molecule has 2 aliphatic rings. The molecule has 17 heavy (non-hydrogen) atoms. The van der Waals surface area contributed by atoms with E-state index in [1.165, 1.54) is 18.4 Å². The Morgan fingerprint density at radius 1 is 1.12 bits per heavy atom. The molecule has 0 radical (unpaired) electrons. The zero-order valence-corrected chi connectivity index (χ0v) is 11.0. The van der Waals surface area contributed by atoms with E-state index in [-0.39, 0.29) is 16.9 Å². The fraction of sp³-hybridized carbons (Fsp3) is 0.625. The average Bonchev–Trinajstić information content (AvgIpc) is 2.60. The zero-order valence-electron chi connectivity index (χ0n) is 11.0. The van der Waals surface area contributed by atoms with Crippen LogP contribution in [0.4, 0.5) is 0 Å². The summed E-state index contributed by atoms with van der Waals surface area (Å²) in [6, 6.07) is 10.6. The van der Waals surface area contributed by atoms with E-state index < -0.39 is 0 Å². The Labute approximate surface area is 104 Å². The molecule has 0 amide bonds. The normalized spacial score (nSPS) is 42.9. The Balaban J connectivity index is 2.08. The van der Waals surface area contributed by atoms with E-state index in [1.807, 2.05) is 0 Å². The first kappa shape index (κ1) is 11.3. The molecule has 2 bridgehead atoms. The van der Waals surface area contributed by atoms with Gasteiger partial charge in [-0.05, 0) is 35.2 Å². The molecule has 0 unspecified atom stereocenters. The minimum Gasteiger partial charge on any atom is -0.392 e. The van der Waals surface area contributed by atoms with E-state index >= 15 is 0 Å². The van der Waals surface area contributed by atoms with Crippen LogP contribution in [0.15, 0.2) is 30.3 Å². The molecule has 0 heterocycles. The first-order valence-corrected chi connectivity index (χ1v) is 6.71. The minimum atomic E-state index is -0.161. The summed E-state index contributed by atoms with van der Waals surface area (Å²) in [5, 5.41) is 10.6. The second-order valence-electron chi connectivity index (χ2n) is 6.66. The molecule has 2 aliphatic carbocycles. The molecule has 1 heteroatoms. The summed E-state index contributed by atoms with van der Waals surface area (Å²) < 4.78 is 0. The van der Waals surface area contributed by atoms with Crippen molar-refractivity contribution in [1.29, 1.82) is 0 Å². The molecule has 2 saturated carbocycles. The van der Waals surface area contributed by atoms with Gasteiger partial charge in [-0.3, -0.25) is 0 Å². The monoisotopic (exact) mass is 230 g/mol. The maximum absolute atomic E-state index is 10.6. The lowest BCUT2D eigenvalue weighted by molar-refractivity contribution is 0.0731. The Hall–Kier alpha value is -0.820. The molecular weight excluding hydrogens is 208 g/mol. The van der Waals surface area contributed by atoms with Crippen molar-refractivity contribution >= 4 is 0 Å².